The van der Waals surface area contributed by atoms with Crippen LogP contribution in [0.1, 0.15) is 44.2 Å². The van der Waals surface area contributed by atoms with Crippen molar-refractivity contribution in [2.24, 2.45) is 11.0 Å². The molecule has 0 aliphatic rings. The highest BCUT2D eigenvalue weighted by atomic mass is 16.5. The first-order valence-electron chi connectivity index (χ1n) is 9.19. The minimum Gasteiger partial charge on any atom is -0.465 e. The van der Waals surface area contributed by atoms with Crippen LogP contribution in [-0.2, 0) is 14.3 Å². The molecular formula is C22H26N2O3. The Morgan fingerprint density at radius 2 is 1.48 bits per heavy atom. The van der Waals surface area contributed by atoms with E-state index in [1.807, 2.05) is 67.6 Å². The van der Waals surface area contributed by atoms with Gasteiger partial charge in [-0.25, -0.2) is 5.43 Å². The summed E-state index contributed by atoms with van der Waals surface area (Å²) in [6, 6.07) is 19.1. The molecule has 0 fully saturated rings. The molecule has 27 heavy (non-hydrogen) atoms. The fourth-order valence-electron chi connectivity index (χ4n) is 2.95. The van der Waals surface area contributed by atoms with Crippen molar-refractivity contribution in [2.75, 3.05) is 6.61 Å². The van der Waals surface area contributed by atoms with Gasteiger partial charge < -0.3 is 4.74 Å². The maximum atomic E-state index is 12.9. The zero-order valence-electron chi connectivity index (χ0n) is 16.0. The number of hydrogen-bond donors (Lipinski definition) is 1. The van der Waals surface area contributed by atoms with E-state index in [0.717, 1.165) is 11.1 Å². The number of nitrogens with one attached hydrogen (secondary N) is 1. The summed E-state index contributed by atoms with van der Waals surface area (Å²) >= 11 is 0. The van der Waals surface area contributed by atoms with Crippen LogP contribution in [-0.4, -0.2) is 24.2 Å². The minimum absolute atomic E-state index is 0.245. The third-order valence-electron chi connectivity index (χ3n) is 4.35. The molecule has 5 heteroatoms. The highest BCUT2D eigenvalue weighted by molar-refractivity contribution is 6.01. The van der Waals surface area contributed by atoms with E-state index < -0.39 is 11.8 Å². The molecule has 142 valence electrons. The van der Waals surface area contributed by atoms with Gasteiger partial charge in [-0.05, 0) is 31.4 Å². The number of nitrogens with zero attached hydrogens (tertiary/aromatic N) is 1. The second-order valence-electron chi connectivity index (χ2n) is 6.20. The van der Waals surface area contributed by atoms with Gasteiger partial charge in [0, 0.05) is 5.71 Å². The van der Waals surface area contributed by atoms with Crippen LogP contribution in [0.3, 0.4) is 0 Å². The van der Waals surface area contributed by atoms with Gasteiger partial charge in [-0.3, -0.25) is 9.59 Å². The second kappa shape index (κ2) is 10.3. The van der Waals surface area contributed by atoms with Crippen molar-refractivity contribution in [3.05, 3.63) is 71.8 Å². The third kappa shape index (κ3) is 5.51. The predicted octanol–water partition coefficient (Wildman–Crippen LogP) is 3.90. The van der Waals surface area contributed by atoms with Gasteiger partial charge in [-0.15, -0.1) is 0 Å². The van der Waals surface area contributed by atoms with Crippen molar-refractivity contribution in [3.63, 3.8) is 0 Å². The smallest absolute Gasteiger partial charge is 0.314 e. The van der Waals surface area contributed by atoms with Crippen molar-refractivity contribution in [2.45, 2.75) is 33.1 Å². The van der Waals surface area contributed by atoms with E-state index in [4.69, 9.17) is 4.74 Å². The number of rotatable bonds is 8. The summed E-state index contributed by atoms with van der Waals surface area (Å²) in [7, 11) is 0. The van der Waals surface area contributed by atoms with E-state index >= 15 is 0 Å². The molecule has 5 nitrogen and oxygen atoms in total. The molecule has 1 atom stereocenters. The lowest BCUT2D eigenvalue weighted by Gasteiger charge is -2.17. The molecule has 2 rings (SSSR count). The van der Waals surface area contributed by atoms with E-state index in [1.165, 1.54) is 0 Å². The van der Waals surface area contributed by atoms with Crippen LogP contribution in [0.2, 0.25) is 0 Å². The zero-order chi connectivity index (χ0) is 19.6. The molecule has 0 radical (unpaired) electrons. The van der Waals surface area contributed by atoms with E-state index in [0.29, 0.717) is 18.7 Å². The maximum Gasteiger partial charge on any atom is 0.314 e. The standard InChI is InChI=1S/C22H26N2O3/c1-4-19(22(26)27-5-2)16(3)23-24-21(25)20(17-12-8-6-9-13-17)18-14-10-7-11-15-18/h6-15,19-20H,4-5H2,1-3H3,(H,24,25). The first-order valence-corrected chi connectivity index (χ1v) is 9.19. The van der Waals surface area contributed by atoms with Crippen molar-refractivity contribution in [1.29, 1.82) is 0 Å². The van der Waals surface area contributed by atoms with Crippen molar-refractivity contribution in [3.8, 4) is 0 Å². The zero-order valence-corrected chi connectivity index (χ0v) is 16.0. The Morgan fingerprint density at radius 3 is 1.93 bits per heavy atom. The van der Waals surface area contributed by atoms with Gasteiger partial charge in [-0.2, -0.15) is 5.10 Å². The molecule has 0 saturated heterocycles. The van der Waals surface area contributed by atoms with Gasteiger partial charge in [0.1, 0.15) is 0 Å². The summed E-state index contributed by atoms with van der Waals surface area (Å²) in [6.07, 6.45) is 0.560. The first kappa shape index (κ1) is 20.4. The molecule has 1 amide bonds. The van der Waals surface area contributed by atoms with Crippen LogP contribution in [0.5, 0.6) is 0 Å². The van der Waals surface area contributed by atoms with Crippen LogP contribution in [0.4, 0.5) is 0 Å². The molecule has 0 bridgehead atoms. The van der Waals surface area contributed by atoms with Crippen molar-refractivity contribution in [1.82, 2.24) is 5.43 Å². The highest BCUT2D eigenvalue weighted by Crippen LogP contribution is 2.24. The largest absolute Gasteiger partial charge is 0.465 e. The number of esters is 1. The quantitative estimate of drug-likeness (QED) is 0.438. The predicted molar refractivity (Wildman–Crippen MR) is 106 cm³/mol. The van der Waals surface area contributed by atoms with Gasteiger partial charge in [0.05, 0.1) is 18.4 Å². The van der Waals surface area contributed by atoms with Crippen LogP contribution < -0.4 is 5.43 Å². The normalized spacial score (nSPS) is 12.5. The van der Waals surface area contributed by atoms with Gasteiger partial charge in [0.2, 0.25) is 0 Å². The number of hydrazone groups is 1. The van der Waals surface area contributed by atoms with Crippen LogP contribution in [0, 0.1) is 5.92 Å². The molecular weight excluding hydrogens is 340 g/mol. The van der Waals surface area contributed by atoms with Gasteiger partial charge in [-0.1, -0.05) is 67.6 Å². The number of carbonyl (C=O) groups is 2. The van der Waals surface area contributed by atoms with Gasteiger partial charge in [0.25, 0.3) is 5.91 Å². The number of amides is 1. The fraction of sp³-hybridized carbons (Fsp3) is 0.318. The van der Waals surface area contributed by atoms with Gasteiger partial charge >= 0.3 is 5.97 Å². The first-order chi connectivity index (χ1) is 13.1. The monoisotopic (exact) mass is 366 g/mol. The average Bonchev–Trinajstić information content (AvgIpc) is 2.69. The molecule has 0 aliphatic heterocycles. The van der Waals surface area contributed by atoms with E-state index in [-0.39, 0.29) is 11.9 Å². The van der Waals surface area contributed by atoms with Crippen LogP contribution in [0.25, 0.3) is 0 Å². The lowest BCUT2D eigenvalue weighted by Crippen LogP contribution is -2.30. The molecule has 1 unspecified atom stereocenters. The van der Waals surface area contributed by atoms with Crippen molar-refractivity contribution < 1.29 is 14.3 Å². The minimum atomic E-state index is -0.480. The number of carbonyl (C=O) groups excluding carboxylic acids is 2. The molecule has 1 N–H and O–H groups in total. The number of hydrogen-bond acceptors (Lipinski definition) is 4. The molecule has 0 aliphatic carbocycles. The van der Waals surface area contributed by atoms with Crippen LogP contribution >= 0.6 is 0 Å². The van der Waals surface area contributed by atoms with Crippen molar-refractivity contribution >= 4 is 17.6 Å². The summed E-state index contributed by atoms with van der Waals surface area (Å²) in [5, 5.41) is 4.19. The van der Waals surface area contributed by atoms with E-state index in [2.05, 4.69) is 10.5 Å². The number of ether oxygens (including phenoxy) is 1. The molecule has 2 aromatic rings. The molecule has 0 spiro atoms. The Hall–Kier alpha value is -2.95. The second-order valence-corrected chi connectivity index (χ2v) is 6.20. The summed E-state index contributed by atoms with van der Waals surface area (Å²) in [4.78, 5) is 24.9. The Morgan fingerprint density at radius 1 is 0.963 bits per heavy atom. The van der Waals surface area contributed by atoms with E-state index in [1.54, 1.807) is 13.8 Å². The van der Waals surface area contributed by atoms with E-state index in [9.17, 15) is 9.59 Å². The fourth-order valence-corrected chi connectivity index (χ4v) is 2.95. The lowest BCUT2D eigenvalue weighted by atomic mass is 9.91. The summed E-state index contributed by atoms with van der Waals surface area (Å²) < 4.78 is 5.08. The summed E-state index contributed by atoms with van der Waals surface area (Å²) in [5.74, 6) is -1.51. The summed E-state index contributed by atoms with van der Waals surface area (Å²) in [6.45, 7) is 5.70. The topological polar surface area (TPSA) is 67.8 Å². The molecule has 0 aromatic heterocycles. The van der Waals surface area contributed by atoms with Gasteiger partial charge in [0.15, 0.2) is 0 Å². The Bertz CT molecular complexity index is 733. The molecule has 2 aromatic carbocycles. The number of benzene rings is 2. The molecule has 0 heterocycles. The maximum absolute atomic E-state index is 12.9. The lowest BCUT2D eigenvalue weighted by molar-refractivity contribution is -0.145. The Kier molecular flexibility index (Phi) is 7.74. The Labute approximate surface area is 160 Å². The Balaban J connectivity index is 2.22. The molecule has 0 saturated carbocycles. The average molecular weight is 366 g/mol. The SMILES string of the molecule is CCOC(=O)C(CC)C(C)=NNC(=O)C(c1ccccc1)c1ccccc1. The highest BCUT2D eigenvalue weighted by Gasteiger charge is 2.24. The third-order valence-corrected chi connectivity index (χ3v) is 4.35. The summed E-state index contributed by atoms with van der Waals surface area (Å²) in [5.41, 5.74) is 4.93. The van der Waals surface area contributed by atoms with Crippen LogP contribution in [0.15, 0.2) is 65.8 Å².